The van der Waals surface area contributed by atoms with E-state index in [9.17, 15) is 4.79 Å². The maximum absolute atomic E-state index is 10.8. The van der Waals surface area contributed by atoms with Gasteiger partial charge in [-0.3, -0.25) is 4.79 Å². The van der Waals surface area contributed by atoms with Crippen molar-refractivity contribution in [2.24, 2.45) is 0 Å². The van der Waals surface area contributed by atoms with E-state index in [0.29, 0.717) is 4.48 Å². The van der Waals surface area contributed by atoms with Gasteiger partial charge >= 0.3 is 0 Å². The number of aliphatic hydroxyl groups is 1. The summed E-state index contributed by atoms with van der Waals surface area (Å²) in [6, 6.07) is -0.278. The number of nitrogens with zero attached hydrogens (tertiary/aromatic N) is 1. The van der Waals surface area contributed by atoms with E-state index in [2.05, 4.69) is 0 Å². The lowest BCUT2D eigenvalue weighted by atomic mass is 10.2. The van der Waals surface area contributed by atoms with E-state index >= 15 is 0 Å². The van der Waals surface area contributed by atoms with Crippen LogP contribution in [0.1, 0.15) is 6.92 Å². The molecule has 0 aliphatic rings. The summed E-state index contributed by atoms with van der Waals surface area (Å²) < 4.78 is 0.492. The molecule has 0 saturated carbocycles. The van der Waals surface area contributed by atoms with Gasteiger partial charge in [-0.2, -0.15) is 0 Å². The standard InChI is InChI=1S/C7H16NO2/c1-6(10)7(5-9)8(2,3)4/h7,9H,5H2,1-4H3/q+1. The lowest BCUT2D eigenvalue weighted by Gasteiger charge is -2.30. The van der Waals surface area contributed by atoms with Crippen LogP contribution in [0.15, 0.2) is 0 Å². The highest BCUT2D eigenvalue weighted by atomic mass is 16.3. The van der Waals surface area contributed by atoms with Crippen LogP contribution in [-0.2, 0) is 4.79 Å². The van der Waals surface area contributed by atoms with E-state index in [0.717, 1.165) is 0 Å². The summed E-state index contributed by atoms with van der Waals surface area (Å²) in [5, 5.41) is 8.80. The van der Waals surface area contributed by atoms with E-state index in [1.165, 1.54) is 6.92 Å². The summed E-state index contributed by atoms with van der Waals surface area (Å²) in [5.74, 6) is 0.0370. The normalized spacial score (nSPS) is 14.9. The van der Waals surface area contributed by atoms with Crippen molar-refractivity contribution in [2.75, 3.05) is 27.7 Å². The van der Waals surface area contributed by atoms with Crippen molar-refractivity contribution in [3.8, 4) is 0 Å². The summed E-state index contributed by atoms with van der Waals surface area (Å²) in [4.78, 5) is 10.8. The maximum Gasteiger partial charge on any atom is 0.189 e. The predicted molar refractivity (Wildman–Crippen MR) is 39.6 cm³/mol. The Bertz CT molecular complexity index is 126. The molecular formula is C7H16NO2+. The molecule has 3 heteroatoms. The molecule has 0 fully saturated rings. The van der Waals surface area contributed by atoms with Gasteiger partial charge in [-0.15, -0.1) is 0 Å². The molecule has 60 valence electrons. The first-order chi connectivity index (χ1) is 4.39. The van der Waals surface area contributed by atoms with Gasteiger partial charge in [-0.1, -0.05) is 0 Å². The van der Waals surface area contributed by atoms with Crippen molar-refractivity contribution in [3.05, 3.63) is 0 Å². The van der Waals surface area contributed by atoms with E-state index in [1.807, 2.05) is 21.1 Å². The molecule has 0 radical (unpaired) electrons. The van der Waals surface area contributed by atoms with Crippen LogP contribution in [0.3, 0.4) is 0 Å². The number of aliphatic hydroxyl groups excluding tert-OH is 1. The van der Waals surface area contributed by atoms with Crippen LogP contribution >= 0.6 is 0 Å². The third-order valence-corrected chi connectivity index (χ3v) is 1.58. The summed E-state index contributed by atoms with van der Waals surface area (Å²) in [6.45, 7) is 1.43. The zero-order valence-electron chi connectivity index (χ0n) is 7.09. The average molecular weight is 146 g/mol. The Kier molecular flexibility index (Phi) is 2.99. The third-order valence-electron chi connectivity index (χ3n) is 1.58. The Morgan fingerprint density at radius 2 is 1.90 bits per heavy atom. The topological polar surface area (TPSA) is 37.3 Å². The Hall–Kier alpha value is -0.410. The predicted octanol–water partition coefficient (Wildman–Crippen LogP) is -0.358. The molecule has 0 aromatic rings. The molecule has 0 bridgehead atoms. The Labute approximate surface area is 61.9 Å². The van der Waals surface area contributed by atoms with E-state index < -0.39 is 0 Å². The van der Waals surface area contributed by atoms with Crippen LogP contribution in [0.5, 0.6) is 0 Å². The number of ketones is 1. The molecule has 10 heavy (non-hydrogen) atoms. The molecule has 0 saturated heterocycles. The minimum atomic E-state index is -0.278. The molecule has 0 aliphatic heterocycles. The van der Waals surface area contributed by atoms with Crippen LogP contribution in [0.2, 0.25) is 0 Å². The highest BCUT2D eigenvalue weighted by Crippen LogP contribution is 2.02. The van der Waals surface area contributed by atoms with Gasteiger partial charge in [0.15, 0.2) is 11.8 Å². The molecular weight excluding hydrogens is 130 g/mol. The monoisotopic (exact) mass is 146 g/mol. The zero-order chi connectivity index (χ0) is 8.36. The smallest absolute Gasteiger partial charge is 0.189 e. The average Bonchev–Trinajstić information content (AvgIpc) is 1.60. The molecule has 0 rings (SSSR count). The number of quaternary nitrogens is 1. The second-order valence-electron chi connectivity index (χ2n) is 3.43. The van der Waals surface area contributed by atoms with Crippen molar-refractivity contribution in [2.45, 2.75) is 13.0 Å². The number of hydrogen-bond donors (Lipinski definition) is 1. The molecule has 1 atom stereocenters. The molecule has 0 spiro atoms. The number of Topliss-reactive ketones (excluding diaryl/α,β-unsaturated/α-hetero) is 1. The molecule has 0 amide bonds. The molecule has 0 aromatic heterocycles. The van der Waals surface area contributed by atoms with E-state index in [1.54, 1.807) is 0 Å². The van der Waals surface area contributed by atoms with Crippen LogP contribution < -0.4 is 0 Å². The first kappa shape index (κ1) is 9.59. The van der Waals surface area contributed by atoms with Crippen LogP contribution in [0.25, 0.3) is 0 Å². The van der Waals surface area contributed by atoms with Gasteiger partial charge in [0.2, 0.25) is 0 Å². The molecule has 1 N–H and O–H groups in total. The van der Waals surface area contributed by atoms with Crippen LogP contribution in [-0.4, -0.2) is 49.2 Å². The van der Waals surface area contributed by atoms with Crippen molar-refractivity contribution in [1.29, 1.82) is 0 Å². The van der Waals surface area contributed by atoms with Crippen molar-refractivity contribution in [1.82, 2.24) is 0 Å². The minimum absolute atomic E-state index is 0.0370. The Morgan fingerprint density at radius 3 is 1.90 bits per heavy atom. The van der Waals surface area contributed by atoms with Gasteiger partial charge in [0.25, 0.3) is 0 Å². The van der Waals surface area contributed by atoms with Gasteiger partial charge in [0.1, 0.15) is 6.61 Å². The quantitative estimate of drug-likeness (QED) is 0.552. The number of rotatable bonds is 3. The number of likely N-dealkylation sites (N-methyl/N-ethyl adjacent to an activating group) is 1. The van der Waals surface area contributed by atoms with Gasteiger partial charge in [-0.25, -0.2) is 0 Å². The molecule has 3 nitrogen and oxygen atoms in total. The Morgan fingerprint density at radius 1 is 1.50 bits per heavy atom. The first-order valence-electron chi connectivity index (χ1n) is 3.32. The lowest BCUT2D eigenvalue weighted by molar-refractivity contribution is -0.886. The number of hydrogen-bond acceptors (Lipinski definition) is 2. The second-order valence-corrected chi connectivity index (χ2v) is 3.43. The van der Waals surface area contributed by atoms with Crippen LogP contribution in [0.4, 0.5) is 0 Å². The summed E-state index contributed by atoms with van der Waals surface area (Å²) in [5.41, 5.74) is 0. The summed E-state index contributed by atoms with van der Waals surface area (Å²) in [6.07, 6.45) is 0. The van der Waals surface area contributed by atoms with Gasteiger partial charge < -0.3 is 9.59 Å². The SMILES string of the molecule is CC(=O)C(CO)[N+](C)(C)C. The van der Waals surface area contributed by atoms with E-state index in [4.69, 9.17) is 5.11 Å². The van der Waals surface area contributed by atoms with Crippen molar-refractivity contribution < 1.29 is 14.4 Å². The molecule has 0 heterocycles. The molecule has 0 aromatic carbocycles. The van der Waals surface area contributed by atoms with Crippen LogP contribution in [0, 0.1) is 0 Å². The lowest BCUT2D eigenvalue weighted by Crippen LogP contribution is -2.51. The van der Waals surface area contributed by atoms with Crippen molar-refractivity contribution >= 4 is 5.78 Å². The highest BCUT2D eigenvalue weighted by Gasteiger charge is 2.26. The largest absolute Gasteiger partial charge is 0.390 e. The highest BCUT2D eigenvalue weighted by molar-refractivity contribution is 5.80. The molecule has 0 aliphatic carbocycles. The fraction of sp³-hybridized carbons (Fsp3) is 0.857. The van der Waals surface area contributed by atoms with Gasteiger partial charge in [-0.05, 0) is 0 Å². The zero-order valence-corrected chi connectivity index (χ0v) is 7.09. The maximum atomic E-state index is 10.8. The van der Waals surface area contributed by atoms with E-state index in [-0.39, 0.29) is 18.4 Å². The fourth-order valence-electron chi connectivity index (χ4n) is 0.919. The molecule has 1 unspecified atom stereocenters. The second kappa shape index (κ2) is 3.12. The number of carbonyl (C=O) groups is 1. The Balaban J connectivity index is 4.22. The summed E-state index contributed by atoms with van der Waals surface area (Å²) in [7, 11) is 5.67. The summed E-state index contributed by atoms with van der Waals surface area (Å²) >= 11 is 0. The van der Waals surface area contributed by atoms with Crippen molar-refractivity contribution in [3.63, 3.8) is 0 Å². The fourth-order valence-corrected chi connectivity index (χ4v) is 0.919. The first-order valence-corrected chi connectivity index (χ1v) is 3.32. The minimum Gasteiger partial charge on any atom is -0.390 e. The number of carbonyl (C=O) groups excluding carboxylic acids is 1. The van der Waals surface area contributed by atoms with Gasteiger partial charge in [0.05, 0.1) is 21.1 Å². The van der Waals surface area contributed by atoms with Gasteiger partial charge in [0, 0.05) is 6.92 Å². The third kappa shape index (κ3) is 2.45.